The van der Waals surface area contributed by atoms with Crippen molar-refractivity contribution in [2.45, 2.75) is 64.7 Å². The minimum atomic E-state index is 0.664. The Morgan fingerprint density at radius 2 is 1.35 bits per heavy atom. The van der Waals surface area contributed by atoms with Gasteiger partial charge in [-0.2, -0.15) is 0 Å². The van der Waals surface area contributed by atoms with Crippen LogP contribution < -0.4 is 11.5 Å². The lowest BCUT2D eigenvalue weighted by Crippen LogP contribution is -1.99. The van der Waals surface area contributed by atoms with Gasteiger partial charge in [0, 0.05) is 0 Å². The van der Waals surface area contributed by atoms with E-state index in [0.717, 1.165) is 6.42 Å². The van der Waals surface area contributed by atoms with Gasteiger partial charge in [-0.1, -0.05) is 94.4 Å². The fourth-order valence-corrected chi connectivity index (χ4v) is 3.27. The summed E-state index contributed by atoms with van der Waals surface area (Å²) in [5.41, 5.74) is 17.1. The second kappa shape index (κ2) is 11.4. The molecule has 0 amide bonds. The molecule has 0 saturated carbocycles. The molecule has 0 fully saturated rings. The summed E-state index contributed by atoms with van der Waals surface area (Å²) in [6.07, 6.45) is 16.0. The van der Waals surface area contributed by atoms with Crippen molar-refractivity contribution < 1.29 is 0 Å². The molecule has 26 heavy (non-hydrogen) atoms. The Morgan fingerprint density at radius 1 is 0.731 bits per heavy atom. The molecule has 0 saturated heterocycles. The molecule has 4 N–H and O–H groups in total. The summed E-state index contributed by atoms with van der Waals surface area (Å²) in [7, 11) is 0. The molecule has 0 unspecified atom stereocenters. The first-order valence-electron chi connectivity index (χ1n) is 10.1. The van der Waals surface area contributed by atoms with Crippen LogP contribution in [0.4, 0.5) is 11.4 Å². The van der Waals surface area contributed by atoms with Gasteiger partial charge in [0.25, 0.3) is 0 Å². The SMILES string of the molecule is CCCCCCCCCCc1cc(N)c(N)cc1C=Cc1ccccc1. The van der Waals surface area contributed by atoms with Crippen LogP contribution in [-0.2, 0) is 6.42 Å². The van der Waals surface area contributed by atoms with Crippen LogP contribution >= 0.6 is 0 Å². The summed E-state index contributed by atoms with van der Waals surface area (Å²) in [6.45, 7) is 2.27. The number of benzene rings is 2. The number of rotatable bonds is 11. The molecule has 2 heteroatoms. The van der Waals surface area contributed by atoms with Crippen molar-refractivity contribution in [3.05, 3.63) is 59.2 Å². The zero-order valence-electron chi connectivity index (χ0n) is 16.2. The van der Waals surface area contributed by atoms with E-state index in [-0.39, 0.29) is 0 Å². The van der Waals surface area contributed by atoms with E-state index in [4.69, 9.17) is 11.5 Å². The first kappa shape index (κ1) is 20.1. The Morgan fingerprint density at radius 3 is 2.04 bits per heavy atom. The van der Waals surface area contributed by atoms with Crippen LogP contribution in [0.3, 0.4) is 0 Å². The standard InChI is InChI=1S/C24H34N2/c1-2-3-4-5-6-7-8-12-15-21-18-23(25)24(26)19-22(21)17-16-20-13-10-9-11-14-20/h9-11,13-14,16-19H,2-8,12,15,25-26H2,1H3. The van der Waals surface area contributed by atoms with E-state index in [2.05, 4.69) is 49.4 Å². The number of hydrogen-bond donors (Lipinski definition) is 2. The number of nitrogen functional groups attached to an aromatic ring is 2. The Bertz CT molecular complexity index is 674. The van der Waals surface area contributed by atoms with Crippen molar-refractivity contribution in [3.63, 3.8) is 0 Å². The van der Waals surface area contributed by atoms with Gasteiger partial charge in [0.2, 0.25) is 0 Å². The number of hydrogen-bond acceptors (Lipinski definition) is 2. The highest BCUT2D eigenvalue weighted by Gasteiger charge is 2.05. The second-order valence-electron chi connectivity index (χ2n) is 7.15. The third-order valence-electron chi connectivity index (χ3n) is 4.90. The average molecular weight is 351 g/mol. The monoisotopic (exact) mass is 350 g/mol. The summed E-state index contributed by atoms with van der Waals surface area (Å²) in [5, 5.41) is 0. The Hall–Kier alpha value is -2.22. The minimum Gasteiger partial charge on any atom is -0.397 e. The van der Waals surface area contributed by atoms with Crippen LogP contribution in [0, 0.1) is 0 Å². The quantitative estimate of drug-likeness (QED) is 0.269. The van der Waals surface area contributed by atoms with Crippen molar-refractivity contribution in [3.8, 4) is 0 Å². The number of anilines is 2. The van der Waals surface area contributed by atoms with Crippen molar-refractivity contribution in [2.75, 3.05) is 11.5 Å². The van der Waals surface area contributed by atoms with Crippen LogP contribution in [0.15, 0.2) is 42.5 Å². The predicted molar refractivity (Wildman–Crippen MR) is 117 cm³/mol. The molecule has 2 aromatic rings. The molecule has 0 aliphatic carbocycles. The van der Waals surface area contributed by atoms with Gasteiger partial charge in [0.1, 0.15) is 0 Å². The lowest BCUT2D eigenvalue weighted by molar-refractivity contribution is 0.575. The fraction of sp³-hybridized carbons (Fsp3) is 0.417. The molecule has 0 radical (unpaired) electrons. The average Bonchev–Trinajstić information content (AvgIpc) is 2.66. The van der Waals surface area contributed by atoms with E-state index in [0.29, 0.717) is 11.4 Å². The number of aryl methyl sites for hydroxylation is 1. The summed E-state index contributed by atoms with van der Waals surface area (Å²) in [6, 6.07) is 14.4. The highest BCUT2D eigenvalue weighted by molar-refractivity contribution is 5.77. The molecular weight excluding hydrogens is 316 g/mol. The Balaban J connectivity index is 1.90. The second-order valence-corrected chi connectivity index (χ2v) is 7.15. The molecule has 0 bridgehead atoms. The summed E-state index contributed by atoms with van der Waals surface area (Å²) in [5.74, 6) is 0. The molecule has 0 spiro atoms. The highest BCUT2D eigenvalue weighted by Crippen LogP contribution is 2.25. The summed E-state index contributed by atoms with van der Waals surface area (Å²) < 4.78 is 0. The molecule has 2 nitrogen and oxygen atoms in total. The maximum atomic E-state index is 6.05. The van der Waals surface area contributed by atoms with E-state index in [1.54, 1.807) is 0 Å². The van der Waals surface area contributed by atoms with E-state index in [1.165, 1.54) is 68.1 Å². The number of unbranched alkanes of at least 4 members (excludes halogenated alkanes) is 7. The molecule has 0 aliphatic heterocycles. The molecule has 0 atom stereocenters. The molecule has 0 heterocycles. The van der Waals surface area contributed by atoms with E-state index < -0.39 is 0 Å². The van der Waals surface area contributed by atoms with Gasteiger partial charge < -0.3 is 11.5 Å². The van der Waals surface area contributed by atoms with Gasteiger partial charge in [-0.05, 0) is 41.7 Å². The normalized spacial score (nSPS) is 11.3. The molecule has 0 aromatic heterocycles. The molecule has 0 aliphatic rings. The Kier molecular flexibility index (Phi) is 8.82. The van der Waals surface area contributed by atoms with Gasteiger partial charge in [0.15, 0.2) is 0 Å². The van der Waals surface area contributed by atoms with Gasteiger partial charge in [-0.3, -0.25) is 0 Å². The van der Waals surface area contributed by atoms with E-state index >= 15 is 0 Å². The van der Waals surface area contributed by atoms with Crippen LogP contribution in [0.2, 0.25) is 0 Å². The van der Waals surface area contributed by atoms with E-state index in [9.17, 15) is 0 Å². The largest absolute Gasteiger partial charge is 0.397 e. The van der Waals surface area contributed by atoms with Crippen molar-refractivity contribution >= 4 is 23.5 Å². The predicted octanol–water partition coefficient (Wildman–Crippen LogP) is 6.70. The molecule has 2 rings (SSSR count). The van der Waals surface area contributed by atoms with Crippen molar-refractivity contribution in [1.29, 1.82) is 0 Å². The van der Waals surface area contributed by atoms with Crippen LogP contribution in [0.25, 0.3) is 12.2 Å². The highest BCUT2D eigenvalue weighted by atomic mass is 14.7. The van der Waals surface area contributed by atoms with Gasteiger partial charge in [0.05, 0.1) is 11.4 Å². The minimum absolute atomic E-state index is 0.664. The lowest BCUT2D eigenvalue weighted by Gasteiger charge is -2.10. The third-order valence-corrected chi connectivity index (χ3v) is 4.90. The van der Waals surface area contributed by atoms with Crippen LogP contribution in [-0.4, -0.2) is 0 Å². The number of nitrogens with two attached hydrogens (primary N) is 2. The van der Waals surface area contributed by atoms with Crippen molar-refractivity contribution in [2.24, 2.45) is 0 Å². The zero-order valence-corrected chi connectivity index (χ0v) is 16.2. The lowest BCUT2D eigenvalue weighted by atomic mass is 9.98. The molecule has 140 valence electrons. The fourth-order valence-electron chi connectivity index (χ4n) is 3.27. The summed E-state index contributed by atoms with van der Waals surface area (Å²) in [4.78, 5) is 0. The van der Waals surface area contributed by atoms with Crippen molar-refractivity contribution in [1.82, 2.24) is 0 Å². The van der Waals surface area contributed by atoms with Crippen LogP contribution in [0.1, 0.15) is 75.0 Å². The molecular formula is C24H34N2. The maximum Gasteiger partial charge on any atom is 0.0553 e. The topological polar surface area (TPSA) is 52.0 Å². The van der Waals surface area contributed by atoms with Gasteiger partial charge in [-0.15, -0.1) is 0 Å². The zero-order chi connectivity index (χ0) is 18.6. The third kappa shape index (κ3) is 6.95. The Labute approximate surface area is 159 Å². The van der Waals surface area contributed by atoms with Crippen LogP contribution in [0.5, 0.6) is 0 Å². The van der Waals surface area contributed by atoms with Gasteiger partial charge >= 0.3 is 0 Å². The maximum absolute atomic E-state index is 6.05. The van der Waals surface area contributed by atoms with E-state index in [1.807, 2.05) is 12.1 Å². The first-order valence-corrected chi connectivity index (χ1v) is 10.1. The van der Waals surface area contributed by atoms with Gasteiger partial charge in [-0.25, -0.2) is 0 Å². The smallest absolute Gasteiger partial charge is 0.0553 e. The summed E-state index contributed by atoms with van der Waals surface area (Å²) >= 11 is 0. The molecule has 2 aromatic carbocycles. The first-order chi connectivity index (χ1) is 12.7.